The highest BCUT2D eigenvalue weighted by atomic mass is 32.1. The van der Waals surface area contributed by atoms with Gasteiger partial charge in [0.25, 0.3) is 0 Å². The van der Waals surface area contributed by atoms with E-state index in [-0.39, 0.29) is 13.2 Å². The van der Waals surface area contributed by atoms with Crippen molar-refractivity contribution in [2.75, 3.05) is 23.8 Å². The van der Waals surface area contributed by atoms with Gasteiger partial charge in [0.2, 0.25) is 5.95 Å². The van der Waals surface area contributed by atoms with Crippen LogP contribution in [0.2, 0.25) is 0 Å². The van der Waals surface area contributed by atoms with Crippen LogP contribution in [0.4, 0.5) is 11.8 Å². The number of anilines is 2. The third-order valence-electron chi connectivity index (χ3n) is 4.39. The van der Waals surface area contributed by atoms with Crippen molar-refractivity contribution >= 4 is 33.3 Å². The van der Waals surface area contributed by atoms with Crippen LogP contribution in [0.15, 0.2) is 60.1 Å². The zero-order valence-corrected chi connectivity index (χ0v) is 16.4. The highest BCUT2D eigenvalue weighted by Gasteiger charge is 2.16. The molecule has 0 aliphatic rings. The topological polar surface area (TPSA) is 103 Å². The summed E-state index contributed by atoms with van der Waals surface area (Å²) in [6.45, 7) is 0.367. The van der Waals surface area contributed by atoms with E-state index in [1.54, 1.807) is 17.5 Å². The molecular weight excluding hydrogens is 386 g/mol. The van der Waals surface area contributed by atoms with Gasteiger partial charge in [0, 0.05) is 23.7 Å². The quantitative estimate of drug-likeness (QED) is 0.356. The molecule has 3 aromatic heterocycles. The minimum atomic E-state index is -0.873. The molecule has 1 aromatic carbocycles. The van der Waals surface area contributed by atoms with Gasteiger partial charge >= 0.3 is 0 Å². The molecule has 0 spiro atoms. The largest absolute Gasteiger partial charge is 0.394 e. The maximum absolute atomic E-state index is 9.62. The summed E-state index contributed by atoms with van der Waals surface area (Å²) in [4.78, 5) is 14.4. The summed E-state index contributed by atoms with van der Waals surface area (Å²) in [7, 11) is 0. The highest BCUT2D eigenvalue weighted by molar-refractivity contribution is 7.17. The first-order valence-corrected chi connectivity index (χ1v) is 10.1. The van der Waals surface area contributed by atoms with Gasteiger partial charge in [0.15, 0.2) is 0 Å². The number of nitrogens with one attached hydrogen (secondary N) is 2. The van der Waals surface area contributed by atoms with E-state index < -0.39 is 6.10 Å². The minimum absolute atomic E-state index is 0.165. The number of aliphatic hydroxyl groups is 2. The molecule has 0 saturated carbocycles. The molecule has 1 atom stereocenters. The Morgan fingerprint density at radius 3 is 2.59 bits per heavy atom. The van der Waals surface area contributed by atoms with Gasteiger partial charge in [0.1, 0.15) is 10.6 Å². The molecule has 4 rings (SSSR count). The van der Waals surface area contributed by atoms with E-state index in [2.05, 4.69) is 43.1 Å². The summed E-state index contributed by atoms with van der Waals surface area (Å²) in [5.74, 6) is 1.09. The molecule has 0 radical (unpaired) electrons. The van der Waals surface area contributed by atoms with Gasteiger partial charge in [-0.25, -0.2) is 4.98 Å². The number of benzene rings is 1. The molecule has 4 N–H and O–H groups in total. The van der Waals surface area contributed by atoms with Gasteiger partial charge < -0.3 is 20.8 Å². The Morgan fingerprint density at radius 1 is 1.00 bits per heavy atom. The van der Waals surface area contributed by atoms with E-state index >= 15 is 0 Å². The Bertz CT molecular complexity index is 1070. The molecule has 0 amide bonds. The fraction of sp³-hybridized carbons (Fsp3) is 0.190. The van der Waals surface area contributed by atoms with Gasteiger partial charge in [-0.1, -0.05) is 36.4 Å². The fourth-order valence-electron chi connectivity index (χ4n) is 2.93. The van der Waals surface area contributed by atoms with Crippen LogP contribution in [-0.4, -0.2) is 44.4 Å². The van der Waals surface area contributed by atoms with Crippen LogP contribution in [0.25, 0.3) is 21.3 Å². The zero-order chi connectivity index (χ0) is 20.1. The molecule has 7 nitrogen and oxygen atoms in total. The zero-order valence-electron chi connectivity index (χ0n) is 15.6. The predicted molar refractivity (Wildman–Crippen MR) is 116 cm³/mol. The molecule has 0 aliphatic heterocycles. The van der Waals surface area contributed by atoms with Crippen LogP contribution in [0.3, 0.4) is 0 Å². The summed E-state index contributed by atoms with van der Waals surface area (Å²) in [5, 5.41) is 28.1. The molecule has 8 heteroatoms. The van der Waals surface area contributed by atoms with Crippen molar-refractivity contribution in [3.63, 3.8) is 0 Å². The van der Waals surface area contributed by atoms with Crippen molar-refractivity contribution in [2.45, 2.75) is 12.6 Å². The summed E-state index contributed by atoms with van der Waals surface area (Å²) in [6.07, 6.45) is 0.887. The molecule has 29 heavy (non-hydrogen) atoms. The third-order valence-corrected chi connectivity index (χ3v) is 5.26. The summed E-state index contributed by atoms with van der Waals surface area (Å²) < 4.78 is 0. The molecule has 148 valence electrons. The van der Waals surface area contributed by atoms with Crippen molar-refractivity contribution in [1.82, 2.24) is 15.0 Å². The second kappa shape index (κ2) is 8.95. The normalized spacial score (nSPS) is 12.1. The lowest BCUT2D eigenvalue weighted by atomic mass is 10.1. The molecule has 0 bridgehead atoms. The highest BCUT2D eigenvalue weighted by Crippen LogP contribution is 2.37. The van der Waals surface area contributed by atoms with E-state index in [1.807, 2.05) is 36.4 Å². The lowest BCUT2D eigenvalue weighted by Gasteiger charge is -2.13. The van der Waals surface area contributed by atoms with Crippen LogP contribution in [-0.2, 0) is 6.54 Å². The third kappa shape index (κ3) is 4.51. The molecule has 0 aliphatic carbocycles. The van der Waals surface area contributed by atoms with Gasteiger partial charge in [-0.3, -0.25) is 4.98 Å². The van der Waals surface area contributed by atoms with Crippen molar-refractivity contribution in [3.05, 3.63) is 65.8 Å². The number of thiophene rings is 1. The monoisotopic (exact) mass is 407 g/mol. The standard InChI is InChI=1S/C21H21N5O2S/c27-12-16(28)11-24-21-25-19(23-10-15-8-4-5-9-22-15)18-17(13-29-20(18)26-21)14-6-2-1-3-7-14/h1-9,13,16,27-28H,10-12H2,(H2,23,24,25,26). The maximum Gasteiger partial charge on any atom is 0.226 e. The first kappa shape index (κ1) is 19.3. The van der Waals surface area contributed by atoms with Crippen LogP contribution in [0.1, 0.15) is 5.69 Å². The lowest BCUT2D eigenvalue weighted by molar-refractivity contribution is 0.105. The van der Waals surface area contributed by atoms with Crippen LogP contribution >= 0.6 is 11.3 Å². The number of aliphatic hydroxyl groups excluding tert-OH is 2. The minimum Gasteiger partial charge on any atom is -0.394 e. The number of aromatic nitrogens is 3. The first-order valence-electron chi connectivity index (χ1n) is 9.26. The smallest absolute Gasteiger partial charge is 0.226 e. The summed E-state index contributed by atoms with van der Waals surface area (Å²) in [6, 6.07) is 15.9. The van der Waals surface area contributed by atoms with E-state index in [0.717, 1.165) is 27.0 Å². The molecule has 1 unspecified atom stereocenters. The second-order valence-electron chi connectivity index (χ2n) is 6.48. The number of hydrogen-bond acceptors (Lipinski definition) is 8. The Morgan fingerprint density at radius 2 is 1.83 bits per heavy atom. The predicted octanol–water partition coefficient (Wildman–Crippen LogP) is 3.13. The number of nitrogens with zero attached hydrogens (tertiary/aromatic N) is 3. The van der Waals surface area contributed by atoms with Gasteiger partial charge in [0.05, 0.1) is 30.3 Å². The lowest BCUT2D eigenvalue weighted by Crippen LogP contribution is -2.24. The van der Waals surface area contributed by atoms with E-state index in [1.165, 1.54) is 0 Å². The van der Waals surface area contributed by atoms with E-state index in [4.69, 9.17) is 5.11 Å². The molecule has 0 fully saturated rings. The van der Waals surface area contributed by atoms with Crippen LogP contribution in [0, 0.1) is 0 Å². The van der Waals surface area contributed by atoms with Crippen molar-refractivity contribution in [3.8, 4) is 11.1 Å². The van der Waals surface area contributed by atoms with Crippen molar-refractivity contribution in [2.24, 2.45) is 0 Å². The van der Waals surface area contributed by atoms with Gasteiger partial charge in [-0.2, -0.15) is 4.98 Å². The fourth-order valence-corrected chi connectivity index (χ4v) is 3.88. The molecular formula is C21H21N5O2S. The van der Waals surface area contributed by atoms with Crippen LogP contribution < -0.4 is 10.6 Å². The Labute approximate surface area is 172 Å². The Hall–Kier alpha value is -3.07. The first-order chi connectivity index (χ1) is 14.2. The molecule has 3 heterocycles. The second-order valence-corrected chi connectivity index (χ2v) is 7.34. The van der Waals surface area contributed by atoms with Gasteiger partial charge in [-0.05, 0) is 17.7 Å². The van der Waals surface area contributed by atoms with E-state index in [9.17, 15) is 5.11 Å². The van der Waals surface area contributed by atoms with Crippen LogP contribution in [0.5, 0.6) is 0 Å². The number of fused-ring (bicyclic) bond motifs is 1. The maximum atomic E-state index is 9.62. The number of hydrogen-bond donors (Lipinski definition) is 4. The average Bonchev–Trinajstić information content (AvgIpc) is 3.21. The van der Waals surface area contributed by atoms with Crippen molar-refractivity contribution < 1.29 is 10.2 Å². The average molecular weight is 407 g/mol. The summed E-state index contributed by atoms with van der Waals surface area (Å²) >= 11 is 1.54. The SMILES string of the molecule is OCC(O)CNc1nc(NCc2ccccn2)c2c(-c3ccccc3)csc2n1. The summed E-state index contributed by atoms with van der Waals surface area (Å²) in [5.41, 5.74) is 3.07. The molecule has 0 saturated heterocycles. The number of pyridine rings is 1. The van der Waals surface area contributed by atoms with Gasteiger partial charge in [-0.15, -0.1) is 11.3 Å². The number of rotatable bonds is 8. The Kier molecular flexibility index (Phi) is 5.95. The van der Waals surface area contributed by atoms with Crippen molar-refractivity contribution in [1.29, 1.82) is 0 Å². The van der Waals surface area contributed by atoms with E-state index in [0.29, 0.717) is 18.3 Å². The molecule has 4 aromatic rings. The Balaban J connectivity index is 1.71.